The first-order chi connectivity index (χ1) is 10.1. The molecule has 1 aliphatic rings. The Balaban J connectivity index is 2.14. The fourth-order valence-corrected chi connectivity index (χ4v) is 3.46. The van der Waals surface area contributed by atoms with E-state index in [1.807, 2.05) is 0 Å². The van der Waals surface area contributed by atoms with Crippen molar-refractivity contribution in [2.75, 3.05) is 26.2 Å². The Labute approximate surface area is 124 Å². The molecule has 10 heteroatoms. The third-order valence-corrected chi connectivity index (χ3v) is 4.93. The molecule has 1 amide bonds. The number of hydrogen-bond donors (Lipinski definition) is 0. The summed E-state index contributed by atoms with van der Waals surface area (Å²) in [6, 6.07) is 4.21. The van der Waals surface area contributed by atoms with Gasteiger partial charge in [-0.2, -0.15) is 17.5 Å². The van der Waals surface area contributed by atoms with Gasteiger partial charge in [-0.1, -0.05) is 6.07 Å². The number of piperazine rings is 1. The van der Waals surface area contributed by atoms with Crippen molar-refractivity contribution in [3.8, 4) is 0 Å². The van der Waals surface area contributed by atoms with Gasteiger partial charge in [-0.05, 0) is 18.2 Å². The number of carbonyl (C=O) groups is 1. The number of nitrogens with zero attached hydrogens (tertiary/aromatic N) is 2. The monoisotopic (exact) mass is 340 g/mol. The van der Waals surface area contributed by atoms with Gasteiger partial charge in [0.25, 0.3) is 0 Å². The number of amides is 1. The van der Waals surface area contributed by atoms with Crippen molar-refractivity contribution in [3.63, 3.8) is 0 Å². The Hall–Kier alpha value is -1.68. The molecule has 0 N–H and O–H groups in total. The predicted octanol–water partition coefficient (Wildman–Crippen LogP) is 1.22. The normalized spacial score (nSPS) is 17.8. The van der Waals surface area contributed by atoms with Crippen LogP contribution in [-0.4, -0.2) is 55.9 Å². The fraction of sp³-hybridized carbons (Fsp3) is 0.417. The third-order valence-electron chi connectivity index (χ3n) is 3.09. The van der Waals surface area contributed by atoms with Crippen LogP contribution in [0.25, 0.3) is 0 Å². The molecule has 1 aliphatic heterocycles. The predicted molar refractivity (Wildman–Crippen MR) is 67.8 cm³/mol. The Kier molecular flexibility index (Phi) is 4.43. The molecule has 5 nitrogen and oxygen atoms in total. The second-order valence-corrected chi connectivity index (χ2v) is 6.66. The van der Waals surface area contributed by atoms with Crippen molar-refractivity contribution < 1.29 is 30.8 Å². The van der Waals surface area contributed by atoms with E-state index in [-0.39, 0.29) is 18.0 Å². The van der Waals surface area contributed by atoms with E-state index in [1.54, 1.807) is 0 Å². The molecule has 1 heterocycles. The number of alkyl halides is 3. The van der Waals surface area contributed by atoms with Gasteiger partial charge in [0.2, 0.25) is 15.9 Å². The first-order valence-electron chi connectivity index (χ1n) is 6.20. The van der Waals surface area contributed by atoms with Gasteiger partial charge < -0.3 is 4.90 Å². The lowest BCUT2D eigenvalue weighted by Gasteiger charge is -2.33. The zero-order valence-electron chi connectivity index (χ0n) is 11.2. The summed E-state index contributed by atoms with van der Waals surface area (Å²) in [6.45, 7) is -2.76. The van der Waals surface area contributed by atoms with Crippen molar-refractivity contribution in [1.82, 2.24) is 9.21 Å². The average molecular weight is 340 g/mol. The minimum absolute atomic E-state index is 0.277. The maximum Gasteiger partial charge on any atom is 0.406 e. The molecule has 2 rings (SSSR count). The summed E-state index contributed by atoms with van der Waals surface area (Å²) >= 11 is 0. The van der Waals surface area contributed by atoms with Crippen molar-refractivity contribution in [1.29, 1.82) is 0 Å². The first-order valence-corrected chi connectivity index (χ1v) is 7.64. The standard InChI is InChI=1S/C12H12F4N2O3S/c13-9-2-1-3-10(6-9)22(20,21)18-5-4-17(11(19)7-18)8-12(14,15)16/h1-3,6H,4-5,7-8H2. The Bertz CT molecular complexity index is 675. The van der Waals surface area contributed by atoms with Crippen LogP contribution in [0.3, 0.4) is 0 Å². The molecule has 1 aromatic rings. The number of sulfonamides is 1. The summed E-state index contributed by atoms with van der Waals surface area (Å²) in [7, 11) is -4.12. The number of carbonyl (C=O) groups excluding carboxylic acids is 1. The van der Waals surface area contributed by atoms with E-state index in [2.05, 4.69) is 0 Å². The van der Waals surface area contributed by atoms with Crippen LogP contribution in [-0.2, 0) is 14.8 Å². The Morgan fingerprint density at radius 1 is 1.18 bits per heavy atom. The number of rotatable bonds is 3. The lowest BCUT2D eigenvalue weighted by Crippen LogP contribution is -2.54. The maximum atomic E-state index is 13.1. The maximum absolute atomic E-state index is 13.1. The summed E-state index contributed by atoms with van der Waals surface area (Å²) in [5.74, 6) is -1.70. The van der Waals surface area contributed by atoms with E-state index >= 15 is 0 Å². The van der Waals surface area contributed by atoms with E-state index in [0.29, 0.717) is 4.90 Å². The van der Waals surface area contributed by atoms with Crippen LogP contribution in [0.15, 0.2) is 29.2 Å². The summed E-state index contributed by atoms with van der Waals surface area (Å²) < 4.78 is 75.2. The second-order valence-electron chi connectivity index (χ2n) is 4.73. The highest BCUT2D eigenvalue weighted by Crippen LogP contribution is 2.21. The molecule has 0 aromatic heterocycles. The summed E-state index contributed by atoms with van der Waals surface area (Å²) in [4.78, 5) is 11.9. The lowest BCUT2D eigenvalue weighted by atomic mass is 10.3. The van der Waals surface area contributed by atoms with Gasteiger partial charge in [0.05, 0.1) is 11.4 Å². The van der Waals surface area contributed by atoms with Crippen LogP contribution in [0.2, 0.25) is 0 Å². The van der Waals surface area contributed by atoms with Gasteiger partial charge in [-0.15, -0.1) is 0 Å². The molecule has 122 valence electrons. The van der Waals surface area contributed by atoms with Crippen molar-refractivity contribution in [2.24, 2.45) is 0 Å². The quantitative estimate of drug-likeness (QED) is 0.778. The van der Waals surface area contributed by atoms with E-state index in [9.17, 15) is 30.8 Å². The molecule has 0 radical (unpaired) electrons. The number of halogens is 4. The van der Waals surface area contributed by atoms with E-state index in [1.165, 1.54) is 6.07 Å². The van der Waals surface area contributed by atoms with Crippen LogP contribution in [0.4, 0.5) is 17.6 Å². The minimum atomic E-state index is -4.54. The van der Waals surface area contributed by atoms with E-state index in [0.717, 1.165) is 22.5 Å². The van der Waals surface area contributed by atoms with Crippen LogP contribution >= 0.6 is 0 Å². The molecular weight excluding hydrogens is 328 g/mol. The lowest BCUT2D eigenvalue weighted by molar-refractivity contribution is -0.164. The molecule has 0 unspecified atom stereocenters. The zero-order valence-corrected chi connectivity index (χ0v) is 12.0. The molecule has 0 spiro atoms. The minimum Gasteiger partial charge on any atom is -0.331 e. The largest absolute Gasteiger partial charge is 0.406 e. The van der Waals surface area contributed by atoms with Crippen LogP contribution in [0.5, 0.6) is 0 Å². The first kappa shape index (κ1) is 16.7. The molecule has 0 bridgehead atoms. The number of benzene rings is 1. The highest BCUT2D eigenvalue weighted by atomic mass is 32.2. The second kappa shape index (κ2) is 5.84. The Morgan fingerprint density at radius 2 is 1.86 bits per heavy atom. The summed E-state index contributed by atoms with van der Waals surface area (Å²) in [5, 5.41) is 0. The van der Waals surface area contributed by atoms with E-state index < -0.39 is 41.0 Å². The van der Waals surface area contributed by atoms with Crippen LogP contribution < -0.4 is 0 Å². The zero-order chi connectivity index (χ0) is 16.5. The van der Waals surface area contributed by atoms with Gasteiger partial charge in [-0.3, -0.25) is 4.79 Å². The van der Waals surface area contributed by atoms with Crippen molar-refractivity contribution in [3.05, 3.63) is 30.1 Å². The van der Waals surface area contributed by atoms with Gasteiger partial charge in [0.15, 0.2) is 0 Å². The molecule has 22 heavy (non-hydrogen) atoms. The molecule has 1 aromatic carbocycles. The summed E-state index contributed by atoms with van der Waals surface area (Å²) in [5.41, 5.74) is 0. The van der Waals surface area contributed by atoms with E-state index in [4.69, 9.17) is 0 Å². The van der Waals surface area contributed by atoms with Crippen LogP contribution in [0, 0.1) is 5.82 Å². The SMILES string of the molecule is O=C1CN(S(=O)(=O)c2cccc(F)c2)CCN1CC(F)(F)F. The molecule has 1 fully saturated rings. The van der Waals surface area contributed by atoms with Gasteiger partial charge in [0.1, 0.15) is 12.4 Å². The smallest absolute Gasteiger partial charge is 0.331 e. The van der Waals surface area contributed by atoms with Crippen LogP contribution in [0.1, 0.15) is 0 Å². The average Bonchev–Trinajstić information content (AvgIpc) is 2.39. The molecule has 1 saturated heterocycles. The summed E-state index contributed by atoms with van der Waals surface area (Å²) in [6.07, 6.45) is -4.54. The van der Waals surface area contributed by atoms with Gasteiger partial charge >= 0.3 is 6.18 Å². The highest BCUT2D eigenvalue weighted by Gasteiger charge is 2.38. The Morgan fingerprint density at radius 3 is 2.41 bits per heavy atom. The fourth-order valence-electron chi connectivity index (χ4n) is 2.05. The topological polar surface area (TPSA) is 57.7 Å². The molecule has 0 saturated carbocycles. The number of hydrogen-bond acceptors (Lipinski definition) is 3. The van der Waals surface area contributed by atoms with Gasteiger partial charge in [-0.25, -0.2) is 12.8 Å². The van der Waals surface area contributed by atoms with Gasteiger partial charge in [0, 0.05) is 13.1 Å². The molecule has 0 aliphatic carbocycles. The third kappa shape index (κ3) is 3.74. The van der Waals surface area contributed by atoms with Crippen molar-refractivity contribution >= 4 is 15.9 Å². The highest BCUT2D eigenvalue weighted by molar-refractivity contribution is 7.89. The molecule has 0 atom stereocenters. The van der Waals surface area contributed by atoms with Crippen molar-refractivity contribution in [2.45, 2.75) is 11.1 Å². The molecular formula is C12H12F4N2O3S.